The molecular weight excluding hydrogens is 390 g/mol. The number of hydrazine groups is 2. The van der Waals surface area contributed by atoms with Crippen LogP contribution in [0.2, 0.25) is 0 Å². The predicted molar refractivity (Wildman–Crippen MR) is 118 cm³/mol. The van der Waals surface area contributed by atoms with E-state index in [-0.39, 0.29) is 24.3 Å². The number of hydrogen-bond acceptors (Lipinski definition) is 5. The Labute approximate surface area is 183 Å². The molecule has 2 amide bonds. The van der Waals surface area contributed by atoms with Crippen molar-refractivity contribution in [3.05, 3.63) is 78.1 Å². The Hall–Kier alpha value is -3.03. The van der Waals surface area contributed by atoms with E-state index in [1.54, 1.807) is 9.91 Å². The number of carbonyl (C=O) groups is 1. The van der Waals surface area contributed by atoms with Gasteiger partial charge in [-0.25, -0.2) is 15.6 Å². The molecule has 3 atom stereocenters. The average Bonchev–Trinajstić information content (AvgIpc) is 3.37. The van der Waals surface area contributed by atoms with E-state index in [2.05, 4.69) is 34.9 Å². The number of hydrogen-bond donors (Lipinski definition) is 2. The van der Waals surface area contributed by atoms with Crippen LogP contribution in [-0.2, 0) is 6.54 Å². The summed E-state index contributed by atoms with van der Waals surface area (Å²) < 4.78 is 5.79. The number of ether oxygens (including phenoxy) is 1. The highest BCUT2D eigenvalue weighted by Gasteiger charge is 2.48. The van der Waals surface area contributed by atoms with Gasteiger partial charge in [0.1, 0.15) is 11.9 Å². The smallest absolute Gasteiger partial charge is 0.340 e. The van der Waals surface area contributed by atoms with Crippen molar-refractivity contribution in [2.45, 2.75) is 51.0 Å². The van der Waals surface area contributed by atoms with Gasteiger partial charge in [-0.2, -0.15) is 0 Å². The second kappa shape index (κ2) is 8.61. The minimum Gasteiger partial charge on any atom is -0.494 e. The second-order valence-electron chi connectivity index (χ2n) is 8.30. The zero-order valence-corrected chi connectivity index (χ0v) is 17.8. The Kier molecular flexibility index (Phi) is 5.53. The van der Waals surface area contributed by atoms with Crippen LogP contribution in [0.25, 0.3) is 0 Å². The van der Waals surface area contributed by atoms with Gasteiger partial charge in [-0.05, 0) is 36.1 Å². The summed E-state index contributed by atoms with van der Waals surface area (Å²) in [6.07, 6.45) is 6.85. The summed E-state index contributed by atoms with van der Waals surface area (Å²) in [4.78, 5) is 14.7. The number of unbranched alkanes of at least 4 members (excludes halogenated alkanes) is 1. The maximum Gasteiger partial charge on any atom is 0.340 e. The summed E-state index contributed by atoms with van der Waals surface area (Å²) in [5.74, 6) is 0.915. The maximum absolute atomic E-state index is 12.9. The zero-order chi connectivity index (χ0) is 21.2. The minimum atomic E-state index is -0.0876. The van der Waals surface area contributed by atoms with Gasteiger partial charge in [0.2, 0.25) is 0 Å². The number of amides is 2. The number of benzene rings is 2. The molecule has 3 aliphatic rings. The fraction of sp³-hybridized carbons (Fsp3) is 0.375. The summed E-state index contributed by atoms with van der Waals surface area (Å²) >= 11 is 0. The van der Waals surface area contributed by atoms with Crippen LogP contribution in [0.5, 0.6) is 5.75 Å². The molecule has 2 aromatic rings. The molecule has 162 valence electrons. The molecule has 3 unspecified atom stereocenters. The first-order valence-electron chi connectivity index (χ1n) is 11.1. The molecule has 7 nitrogen and oxygen atoms in total. The summed E-state index contributed by atoms with van der Waals surface area (Å²) in [5.41, 5.74) is 9.34. The molecule has 0 bridgehead atoms. The van der Waals surface area contributed by atoms with Gasteiger partial charge >= 0.3 is 6.03 Å². The lowest BCUT2D eigenvalue weighted by Crippen LogP contribution is -2.53. The molecule has 2 saturated heterocycles. The Morgan fingerprint density at radius 3 is 2.61 bits per heavy atom. The van der Waals surface area contributed by atoms with Crippen molar-refractivity contribution in [3.63, 3.8) is 0 Å². The first kappa shape index (κ1) is 19.9. The molecule has 0 aliphatic carbocycles. The molecule has 0 saturated carbocycles. The van der Waals surface area contributed by atoms with Crippen LogP contribution in [-0.4, -0.2) is 39.8 Å². The topological polar surface area (TPSA) is 60.1 Å². The maximum atomic E-state index is 12.9. The van der Waals surface area contributed by atoms with E-state index in [0.29, 0.717) is 6.54 Å². The fourth-order valence-corrected chi connectivity index (χ4v) is 4.45. The van der Waals surface area contributed by atoms with Gasteiger partial charge in [0.05, 0.1) is 25.2 Å². The highest BCUT2D eigenvalue weighted by molar-refractivity contribution is 5.77. The largest absolute Gasteiger partial charge is 0.494 e. The SMILES string of the molecule is CCCCOc1ccc(C2CC3C4NN(Cc5ccccc5)C(=O)N4C=CN3N2)cc1. The minimum absolute atomic E-state index is 0.0122. The van der Waals surface area contributed by atoms with Gasteiger partial charge in [0.15, 0.2) is 0 Å². The van der Waals surface area contributed by atoms with Gasteiger partial charge in [-0.15, -0.1) is 0 Å². The molecule has 2 fully saturated rings. The molecule has 5 rings (SSSR count). The molecule has 31 heavy (non-hydrogen) atoms. The molecule has 3 heterocycles. The Morgan fingerprint density at radius 1 is 1.03 bits per heavy atom. The Balaban J connectivity index is 1.25. The quantitative estimate of drug-likeness (QED) is 0.670. The number of rotatable bonds is 7. The normalized spacial score (nSPS) is 24.5. The third kappa shape index (κ3) is 3.98. The lowest BCUT2D eigenvalue weighted by molar-refractivity contribution is 0.132. The number of nitrogens with one attached hydrogen (secondary N) is 2. The molecule has 7 heteroatoms. The van der Waals surface area contributed by atoms with Crippen LogP contribution < -0.4 is 15.6 Å². The van der Waals surface area contributed by atoms with Crippen molar-refractivity contribution >= 4 is 6.03 Å². The van der Waals surface area contributed by atoms with Gasteiger partial charge < -0.3 is 9.75 Å². The summed E-state index contributed by atoms with van der Waals surface area (Å²) in [6, 6.07) is 18.8. The van der Waals surface area contributed by atoms with E-state index in [1.807, 2.05) is 54.9 Å². The lowest BCUT2D eigenvalue weighted by atomic mass is 10.00. The van der Waals surface area contributed by atoms with Gasteiger partial charge in [-0.1, -0.05) is 55.8 Å². The Morgan fingerprint density at radius 2 is 1.84 bits per heavy atom. The van der Waals surface area contributed by atoms with E-state index in [4.69, 9.17) is 4.74 Å². The molecule has 0 aromatic heterocycles. The number of carbonyl (C=O) groups excluding carboxylic acids is 1. The molecule has 0 radical (unpaired) electrons. The van der Waals surface area contributed by atoms with Gasteiger partial charge in [0.25, 0.3) is 0 Å². The van der Waals surface area contributed by atoms with Gasteiger partial charge in [-0.3, -0.25) is 9.91 Å². The molecular formula is C24H29N5O2. The summed E-state index contributed by atoms with van der Waals surface area (Å²) in [5, 5.41) is 3.84. The van der Waals surface area contributed by atoms with Crippen molar-refractivity contribution in [3.8, 4) is 5.75 Å². The molecule has 2 aromatic carbocycles. The highest BCUT2D eigenvalue weighted by atomic mass is 16.5. The standard InChI is InChI=1S/C24H29N5O2/c1-2-3-15-31-20-11-9-19(10-12-20)21-16-22-23-26-29(17-18-7-5-4-6-8-18)24(30)27(23)13-14-28(22)25-21/h4-14,21-23,25-26H,2-3,15-17H2,1H3. The molecule has 2 N–H and O–H groups in total. The van der Waals surface area contributed by atoms with Crippen molar-refractivity contribution in [2.75, 3.05) is 6.61 Å². The van der Waals surface area contributed by atoms with Crippen LogP contribution in [0.4, 0.5) is 4.79 Å². The monoisotopic (exact) mass is 419 g/mol. The van der Waals surface area contributed by atoms with Crippen LogP contribution in [0, 0.1) is 0 Å². The molecule has 3 aliphatic heterocycles. The van der Waals surface area contributed by atoms with Crippen LogP contribution >= 0.6 is 0 Å². The fourth-order valence-electron chi connectivity index (χ4n) is 4.45. The van der Waals surface area contributed by atoms with E-state index in [0.717, 1.165) is 37.2 Å². The first-order valence-corrected chi connectivity index (χ1v) is 11.1. The lowest BCUT2D eigenvalue weighted by Gasteiger charge is -2.34. The van der Waals surface area contributed by atoms with Crippen LogP contribution in [0.3, 0.4) is 0 Å². The highest BCUT2D eigenvalue weighted by Crippen LogP contribution is 2.35. The third-order valence-electron chi connectivity index (χ3n) is 6.16. The second-order valence-corrected chi connectivity index (χ2v) is 8.30. The van der Waals surface area contributed by atoms with Crippen molar-refractivity contribution in [1.29, 1.82) is 0 Å². The average molecular weight is 420 g/mol. The Bertz CT molecular complexity index is 933. The van der Waals surface area contributed by atoms with E-state index in [1.165, 1.54) is 5.56 Å². The number of fused-ring (bicyclic) bond motifs is 3. The zero-order valence-electron chi connectivity index (χ0n) is 17.8. The number of nitrogens with zero attached hydrogens (tertiary/aromatic N) is 3. The van der Waals surface area contributed by atoms with E-state index in [9.17, 15) is 4.79 Å². The van der Waals surface area contributed by atoms with Crippen molar-refractivity contribution < 1.29 is 9.53 Å². The predicted octanol–water partition coefficient (Wildman–Crippen LogP) is 3.74. The summed E-state index contributed by atoms with van der Waals surface area (Å²) in [7, 11) is 0. The molecule has 0 spiro atoms. The van der Waals surface area contributed by atoms with Crippen LogP contribution in [0.15, 0.2) is 67.0 Å². The van der Waals surface area contributed by atoms with Gasteiger partial charge in [0, 0.05) is 12.4 Å². The van der Waals surface area contributed by atoms with Crippen LogP contribution in [0.1, 0.15) is 43.4 Å². The summed E-state index contributed by atoms with van der Waals surface area (Å²) in [6.45, 7) is 3.47. The van der Waals surface area contributed by atoms with Crippen molar-refractivity contribution in [2.24, 2.45) is 0 Å². The van der Waals surface area contributed by atoms with Crippen molar-refractivity contribution in [1.82, 2.24) is 25.8 Å². The number of urea groups is 1. The third-order valence-corrected chi connectivity index (χ3v) is 6.16. The first-order chi connectivity index (χ1) is 15.2. The van der Waals surface area contributed by atoms with E-state index < -0.39 is 0 Å². The van der Waals surface area contributed by atoms with E-state index >= 15 is 0 Å².